The molecule has 1 aromatic carbocycles. The quantitative estimate of drug-likeness (QED) is 0.782. The van der Waals surface area contributed by atoms with Crippen LogP contribution in [0.25, 0.3) is 0 Å². The maximum absolute atomic E-state index is 12.7. The highest BCUT2D eigenvalue weighted by Gasteiger charge is 2.12. The molecule has 1 atom stereocenters. The van der Waals surface area contributed by atoms with Gasteiger partial charge in [-0.1, -0.05) is 0 Å². The van der Waals surface area contributed by atoms with Gasteiger partial charge in [0.2, 0.25) is 0 Å². The normalized spacial score (nSPS) is 18.9. The van der Waals surface area contributed by atoms with Crippen molar-refractivity contribution in [3.63, 3.8) is 0 Å². The Morgan fingerprint density at radius 1 is 1.37 bits per heavy atom. The number of carbonyl (C=O) groups excluding carboxylic acids is 1. The van der Waals surface area contributed by atoms with Crippen molar-refractivity contribution in [3.8, 4) is 0 Å². The van der Waals surface area contributed by atoms with Gasteiger partial charge in [-0.2, -0.15) is 0 Å². The molecule has 2 amide bonds. The van der Waals surface area contributed by atoms with Crippen LogP contribution >= 0.6 is 0 Å². The molecule has 2 rings (SSSR count). The van der Waals surface area contributed by atoms with Gasteiger partial charge in [0, 0.05) is 12.2 Å². The number of amides is 2. The number of urea groups is 1. The van der Waals surface area contributed by atoms with Gasteiger partial charge in [-0.25, -0.2) is 9.18 Å². The first-order chi connectivity index (χ1) is 9.24. The predicted molar refractivity (Wildman–Crippen MR) is 73.6 cm³/mol. The van der Waals surface area contributed by atoms with E-state index >= 15 is 0 Å². The monoisotopic (exact) mass is 265 g/mol. The van der Waals surface area contributed by atoms with Crippen LogP contribution in [0.3, 0.4) is 0 Å². The molecule has 5 heteroatoms. The molecule has 0 bridgehead atoms. The lowest BCUT2D eigenvalue weighted by Gasteiger charge is -2.22. The minimum Gasteiger partial charge on any atom is -0.338 e. The molecule has 1 fully saturated rings. The van der Waals surface area contributed by atoms with Gasteiger partial charge in [-0.15, -0.1) is 0 Å². The van der Waals surface area contributed by atoms with Crippen LogP contribution in [0.15, 0.2) is 24.3 Å². The summed E-state index contributed by atoms with van der Waals surface area (Å²) in [6.07, 6.45) is 3.44. The summed E-state index contributed by atoms with van der Waals surface area (Å²) in [6.45, 7) is 2.82. The first kappa shape index (κ1) is 13.8. The SMILES string of the molecule is O=C(NCCC1CCCNC1)Nc1ccc(F)cc1. The number of piperidine rings is 1. The molecule has 1 aromatic rings. The topological polar surface area (TPSA) is 53.2 Å². The Hall–Kier alpha value is -1.62. The number of hydrogen-bond acceptors (Lipinski definition) is 2. The van der Waals surface area contributed by atoms with Gasteiger partial charge in [0.15, 0.2) is 0 Å². The molecule has 1 aliphatic heterocycles. The van der Waals surface area contributed by atoms with Crippen LogP contribution in [0.4, 0.5) is 14.9 Å². The largest absolute Gasteiger partial charge is 0.338 e. The smallest absolute Gasteiger partial charge is 0.319 e. The van der Waals surface area contributed by atoms with Crippen LogP contribution in [0.1, 0.15) is 19.3 Å². The number of anilines is 1. The molecule has 1 unspecified atom stereocenters. The Morgan fingerprint density at radius 2 is 2.16 bits per heavy atom. The molecule has 3 N–H and O–H groups in total. The van der Waals surface area contributed by atoms with Crippen molar-refractivity contribution in [2.75, 3.05) is 25.0 Å². The van der Waals surface area contributed by atoms with Crippen LogP contribution in [0.2, 0.25) is 0 Å². The van der Waals surface area contributed by atoms with Crippen molar-refractivity contribution >= 4 is 11.7 Å². The van der Waals surface area contributed by atoms with E-state index < -0.39 is 0 Å². The highest BCUT2D eigenvalue weighted by Crippen LogP contribution is 2.13. The van der Waals surface area contributed by atoms with E-state index in [-0.39, 0.29) is 11.8 Å². The van der Waals surface area contributed by atoms with E-state index in [9.17, 15) is 9.18 Å². The van der Waals surface area contributed by atoms with E-state index in [1.54, 1.807) is 12.1 Å². The fourth-order valence-corrected chi connectivity index (χ4v) is 2.27. The third-order valence-corrected chi connectivity index (χ3v) is 3.34. The van der Waals surface area contributed by atoms with Gasteiger partial charge in [-0.3, -0.25) is 0 Å². The van der Waals surface area contributed by atoms with Gasteiger partial charge in [-0.05, 0) is 62.5 Å². The molecule has 4 nitrogen and oxygen atoms in total. The Bertz CT molecular complexity index is 402. The predicted octanol–water partition coefficient (Wildman–Crippen LogP) is 2.34. The second-order valence-electron chi connectivity index (χ2n) is 4.89. The average Bonchev–Trinajstić information content (AvgIpc) is 2.43. The van der Waals surface area contributed by atoms with Gasteiger partial charge in [0.25, 0.3) is 0 Å². The third kappa shape index (κ3) is 4.87. The van der Waals surface area contributed by atoms with Crippen molar-refractivity contribution in [2.24, 2.45) is 5.92 Å². The summed E-state index contributed by atoms with van der Waals surface area (Å²) in [5, 5.41) is 8.85. The van der Waals surface area contributed by atoms with Crippen LogP contribution in [-0.2, 0) is 0 Å². The highest BCUT2D eigenvalue weighted by molar-refractivity contribution is 5.89. The zero-order valence-corrected chi connectivity index (χ0v) is 10.9. The molecular formula is C14H20FN3O. The molecule has 0 spiro atoms. The van der Waals surface area contributed by atoms with Crippen LogP contribution in [0, 0.1) is 11.7 Å². The summed E-state index contributed by atoms with van der Waals surface area (Å²) in [5.41, 5.74) is 0.596. The zero-order valence-electron chi connectivity index (χ0n) is 10.9. The van der Waals surface area contributed by atoms with Gasteiger partial charge >= 0.3 is 6.03 Å². The van der Waals surface area contributed by atoms with Crippen molar-refractivity contribution in [1.29, 1.82) is 0 Å². The summed E-state index contributed by atoms with van der Waals surface area (Å²) >= 11 is 0. The molecule has 104 valence electrons. The maximum Gasteiger partial charge on any atom is 0.319 e. The second kappa shape index (κ2) is 7.09. The van der Waals surface area contributed by atoms with E-state index in [1.807, 2.05) is 0 Å². The molecule has 0 aromatic heterocycles. The Balaban J connectivity index is 1.65. The summed E-state index contributed by atoms with van der Waals surface area (Å²) in [4.78, 5) is 11.6. The average molecular weight is 265 g/mol. The molecule has 1 saturated heterocycles. The fraction of sp³-hybridized carbons (Fsp3) is 0.500. The molecule has 1 aliphatic rings. The summed E-state index contributed by atoms with van der Waals surface area (Å²) in [6, 6.07) is 5.49. The number of carbonyl (C=O) groups is 1. The van der Waals surface area contributed by atoms with Crippen LogP contribution in [0.5, 0.6) is 0 Å². The van der Waals surface area contributed by atoms with Crippen molar-refractivity contribution < 1.29 is 9.18 Å². The third-order valence-electron chi connectivity index (χ3n) is 3.34. The zero-order chi connectivity index (χ0) is 13.5. The number of hydrogen-bond donors (Lipinski definition) is 3. The maximum atomic E-state index is 12.7. The van der Waals surface area contributed by atoms with E-state index in [4.69, 9.17) is 0 Å². The van der Waals surface area contributed by atoms with E-state index in [1.165, 1.54) is 25.0 Å². The van der Waals surface area contributed by atoms with Gasteiger partial charge in [0.1, 0.15) is 5.82 Å². The second-order valence-corrected chi connectivity index (χ2v) is 4.89. The fourth-order valence-electron chi connectivity index (χ4n) is 2.27. The Morgan fingerprint density at radius 3 is 2.84 bits per heavy atom. The summed E-state index contributed by atoms with van der Waals surface area (Å²) in [7, 11) is 0. The van der Waals surface area contributed by atoms with Crippen LogP contribution < -0.4 is 16.0 Å². The van der Waals surface area contributed by atoms with E-state index in [2.05, 4.69) is 16.0 Å². The van der Waals surface area contributed by atoms with Gasteiger partial charge < -0.3 is 16.0 Å². The van der Waals surface area contributed by atoms with Crippen molar-refractivity contribution in [1.82, 2.24) is 10.6 Å². The van der Waals surface area contributed by atoms with E-state index in [0.29, 0.717) is 18.2 Å². The Labute approximate surface area is 112 Å². The number of halogens is 1. The molecule has 0 aliphatic carbocycles. The molecule has 1 heterocycles. The number of benzene rings is 1. The van der Waals surface area contributed by atoms with Crippen molar-refractivity contribution in [3.05, 3.63) is 30.1 Å². The van der Waals surface area contributed by atoms with Gasteiger partial charge in [0.05, 0.1) is 0 Å². The highest BCUT2D eigenvalue weighted by atomic mass is 19.1. The molecular weight excluding hydrogens is 245 g/mol. The lowest BCUT2D eigenvalue weighted by atomic mass is 9.96. The molecule has 0 saturated carbocycles. The molecule has 19 heavy (non-hydrogen) atoms. The first-order valence-corrected chi connectivity index (χ1v) is 6.75. The standard InChI is InChI=1S/C14H20FN3O/c15-12-3-5-13(6-4-12)18-14(19)17-9-7-11-2-1-8-16-10-11/h3-6,11,16H,1-2,7-10H2,(H2,17,18,19). The number of nitrogens with one attached hydrogen (secondary N) is 3. The lowest BCUT2D eigenvalue weighted by molar-refractivity contribution is 0.250. The number of rotatable bonds is 4. The molecule has 0 radical (unpaired) electrons. The minimum absolute atomic E-state index is 0.240. The van der Waals surface area contributed by atoms with E-state index in [0.717, 1.165) is 19.5 Å². The van der Waals surface area contributed by atoms with Crippen molar-refractivity contribution in [2.45, 2.75) is 19.3 Å². The Kier molecular flexibility index (Phi) is 5.15. The summed E-state index contributed by atoms with van der Waals surface area (Å²) in [5.74, 6) is 0.343. The summed E-state index contributed by atoms with van der Waals surface area (Å²) < 4.78 is 12.7. The van der Waals surface area contributed by atoms with Crippen LogP contribution in [-0.4, -0.2) is 25.7 Å². The lowest BCUT2D eigenvalue weighted by Crippen LogP contribution is -2.34. The minimum atomic E-state index is -0.309. The first-order valence-electron chi connectivity index (χ1n) is 6.75.